The van der Waals surface area contributed by atoms with E-state index < -0.39 is 23.2 Å². The first-order valence-electron chi connectivity index (χ1n) is 8.30. The van der Waals surface area contributed by atoms with Crippen LogP contribution in [0.1, 0.15) is 11.1 Å². The summed E-state index contributed by atoms with van der Waals surface area (Å²) in [7, 11) is 0. The lowest BCUT2D eigenvalue weighted by Gasteiger charge is -2.15. The molecule has 0 amide bonds. The fourth-order valence-electron chi connectivity index (χ4n) is 2.94. The fourth-order valence-corrected chi connectivity index (χ4v) is 2.94. The topological polar surface area (TPSA) is 96.2 Å². The lowest BCUT2D eigenvalue weighted by atomic mass is 10.1. The first-order valence-corrected chi connectivity index (χ1v) is 8.30. The van der Waals surface area contributed by atoms with E-state index in [2.05, 4.69) is 20.2 Å². The number of rotatable bonds is 3. The highest BCUT2D eigenvalue weighted by atomic mass is 19.4. The Morgan fingerprint density at radius 3 is 2.55 bits per heavy atom. The predicted molar refractivity (Wildman–Crippen MR) is 99.8 cm³/mol. The molecule has 2 aromatic carbocycles. The minimum absolute atomic E-state index is 0.123. The van der Waals surface area contributed by atoms with Gasteiger partial charge in [-0.25, -0.2) is 14.7 Å². The largest absolute Gasteiger partial charge is 0.494 e. The molecule has 2 aromatic heterocycles. The van der Waals surface area contributed by atoms with Crippen LogP contribution in [0.4, 0.5) is 19.1 Å². The highest BCUT2D eigenvalue weighted by molar-refractivity contribution is 6.02. The van der Waals surface area contributed by atoms with Crippen LogP contribution in [0.2, 0.25) is 0 Å². The Hall–Kier alpha value is -3.95. The summed E-state index contributed by atoms with van der Waals surface area (Å²) in [4.78, 5) is 20.8. The number of pyridine rings is 1. The Bertz CT molecular complexity index is 1280. The number of aromatic hydroxyl groups is 1. The molecule has 146 valence electrons. The van der Waals surface area contributed by atoms with E-state index in [1.54, 1.807) is 18.2 Å². The molecular formula is C19H12F3N5O2. The zero-order chi connectivity index (χ0) is 20.6. The number of nitrogens with zero attached hydrogens (tertiary/aromatic N) is 4. The monoisotopic (exact) mass is 399 g/mol. The van der Waals surface area contributed by atoms with Crippen LogP contribution in [0.5, 0.6) is 5.88 Å². The first-order chi connectivity index (χ1) is 13.9. The number of hydrogen-bond donors (Lipinski definition) is 2. The zero-order valence-corrected chi connectivity index (χ0v) is 14.6. The van der Waals surface area contributed by atoms with Crippen molar-refractivity contribution in [3.8, 4) is 11.6 Å². The van der Waals surface area contributed by atoms with Crippen molar-refractivity contribution in [2.24, 2.45) is 4.99 Å². The number of nitrogens with one attached hydrogen (secondary N) is 1. The Morgan fingerprint density at radius 1 is 1.10 bits per heavy atom. The molecule has 2 heterocycles. The van der Waals surface area contributed by atoms with E-state index in [0.717, 1.165) is 16.7 Å². The normalized spacial score (nSPS) is 12.1. The van der Waals surface area contributed by atoms with E-state index in [1.807, 2.05) is 0 Å². The van der Waals surface area contributed by atoms with Gasteiger partial charge in [-0.1, -0.05) is 24.3 Å². The van der Waals surface area contributed by atoms with Gasteiger partial charge in [0.05, 0.1) is 16.8 Å². The van der Waals surface area contributed by atoms with Crippen LogP contribution in [-0.2, 0) is 6.18 Å². The lowest BCUT2D eigenvalue weighted by molar-refractivity contribution is -0.137. The van der Waals surface area contributed by atoms with Gasteiger partial charge >= 0.3 is 6.18 Å². The molecule has 7 nitrogen and oxygen atoms in total. The number of fused-ring (bicyclic) bond motifs is 1. The molecule has 4 aromatic rings. The lowest BCUT2D eigenvalue weighted by Crippen LogP contribution is -2.20. The Labute approximate surface area is 160 Å². The number of hydrogen-bond acceptors (Lipinski definition) is 5. The number of benzene rings is 2. The van der Waals surface area contributed by atoms with Crippen LogP contribution < -0.4 is 5.56 Å². The zero-order valence-electron chi connectivity index (χ0n) is 14.6. The summed E-state index contributed by atoms with van der Waals surface area (Å²) in [5.74, 6) is -0.387. The predicted octanol–water partition coefficient (Wildman–Crippen LogP) is 3.58. The number of aromatic amines is 1. The van der Waals surface area contributed by atoms with Gasteiger partial charge in [0.25, 0.3) is 5.56 Å². The van der Waals surface area contributed by atoms with Gasteiger partial charge in [-0.2, -0.15) is 23.3 Å². The average molecular weight is 399 g/mol. The molecule has 0 fully saturated rings. The minimum Gasteiger partial charge on any atom is -0.494 e. The second-order valence-corrected chi connectivity index (χ2v) is 6.04. The second kappa shape index (κ2) is 6.89. The number of aliphatic imine (C=N–C) groups is 1. The van der Waals surface area contributed by atoms with Gasteiger partial charge in [0.15, 0.2) is 0 Å². The van der Waals surface area contributed by atoms with Gasteiger partial charge in [0.1, 0.15) is 6.33 Å². The Morgan fingerprint density at radius 2 is 1.86 bits per heavy atom. The summed E-state index contributed by atoms with van der Waals surface area (Å²) in [5.41, 5.74) is -1.57. The molecule has 29 heavy (non-hydrogen) atoms. The molecule has 0 radical (unpaired) electrons. The van der Waals surface area contributed by atoms with E-state index in [1.165, 1.54) is 30.7 Å². The summed E-state index contributed by atoms with van der Waals surface area (Å²) in [5, 5.41) is 17.6. The molecule has 0 unspecified atom stereocenters. The summed E-state index contributed by atoms with van der Waals surface area (Å²) < 4.78 is 40.1. The van der Waals surface area contributed by atoms with E-state index in [0.29, 0.717) is 5.39 Å². The van der Waals surface area contributed by atoms with Crippen molar-refractivity contribution in [3.63, 3.8) is 0 Å². The van der Waals surface area contributed by atoms with Crippen LogP contribution in [0.3, 0.4) is 0 Å². The summed E-state index contributed by atoms with van der Waals surface area (Å²) in [6.45, 7) is 0. The maximum atomic E-state index is 13.1. The van der Waals surface area contributed by atoms with E-state index in [9.17, 15) is 23.1 Å². The third-order valence-electron chi connectivity index (χ3n) is 4.25. The van der Waals surface area contributed by atoms with Gasteiger partial charge in [0, 0.05) is 17.0 Å². The molecule has 0 atom stereocenters. The van der Waals surface area contributed by atoms with Crippen molar-refractivity contribution in [2.45, 2.75) is 6.18 Å². The molecule has 0 aliphatic rings. The smallest absolute Gasteiger partial charge is 0.416 e. The van der Waals surface area contributed by atoms with Gasteiger partial charge in [-0.3, -0.25) is 4.79 Å². The quantitative estimate of drug-likeness (QED) is 0.515. The average Bonchev–Trinajstić information content (AvgIpc) is 3.21. The molecule has 0 bridgehead atoms. The summed E-state index contributed by atoms with van der Waals surface area (Å²) >= 11 is 0. The first kappa shape index (κ1) is 18.4. The second-order valence-electron chi connectivity index (χ2n) is 6.04. The van der Waals surface area contributed by atoms with Crippen molar-refractivity contribution < 1.29 is 18.3 Å². The third kappa shape index (κ3) is 3.35. The van der Waals surface area contributed by atoms with Crippen LogP contribution in [0, 0.1) is 0 Å². The standard InChI is InChI=1S/C19H12F3N5O2/c20-19(21,22)11-4-3-5-12(8-11)27-16(28)14-7-2-1-6-13(14)15(17(27)29)9-23-18-24-10-25-26-18/h1-10,29H,(H,24,25,26)/b23-9+. The molecule has 0 spiro atoms. The molecule has 0 aliphatic carbocycles. The molecule has 0 saturated heterocycles. The van der Waals surface area contributed by atoms with Crippen LogP contribution in [0.25, 0.3) is 16.5 Å². The van der Waals surface area contributed by atoms with Crippen molar-refractivity contribution in [1.82, 2.24) is 19.7 Å². The van der Waals surface area contributed by atoms with Crippen LogP contribution in [0.15, 0.2) is 64.6 Å². The molecular weight excluding hydrogens is 387 g/mol. The van der Waals surface area contributed by atoms with Gasteiger partial charge < -0.3 is 5.11 Å². The number of H-pyrrole nitrogens is 1. The van der Waals surface area contributed by atoms with Crippen LogP contribution >= 0.6 is 0 Å². The van der Waals surface area contributed by atoms with E-state index in [-0.39, 0.29) is 22.6 Å². The number of alkyl halides is 3. The van der Waals surface area contributed by atoms with E-state index >= 15 is 0 Å². The molecule has 4 rings (SSSR count). The number of aromatic nitrogens is 4. The van der Waals surface area contributed by atoms with E-state index in [4.69, 9.17) is 0 Å². The van der Waals surface area contributed by atoms with Crippen LogP contribution in [-0.4, -0.2) is 31.1 Å². The van der Waals surface area contributed by atoms with Crippen molar-refractivity contribution in [3.05, 3.63) is 76.3 Å². The van der Waals surface area contributed by atoms with Gasteiger partial charge in [0.2, 0.25) is 11.8 Å². The minimum atomic E-state index is -4.59. The summed E-state index contributed by atoms with van der Waals surface area (Å²) in [6.07, 6.45) is -2.08. The maximum absolute atomic E-state index is 13.1. The fraction of sp³-hybridized carbons (Fsp3) is 0.0526. The molecule has 10 heteroatoms. The Balaban J connectivity index is 2.00. The molecule has 0 saturated carbocycles. The number of halogens is 3. The molecule has 0 aliphatic heterocycles. The highest BCUT2D eigenvalue weighted by Crippen LogP contribution is 2.32. The van der Waals surface area contributed by atoms with Crippen molar-refractivity contribution >= 4 is 22.9 Å². The van der Waals surface area contributed by atoms with Gasteiger partial charge in [-0.05, 0) is 24.3 Å². The van der Waals surface area contributed by atoms with Crippen molar-refractivity contribution in [2.75, 3.05) is 0 Å². The maximum Gasteiger partial charge on any atom is 0.416 e. The van der Waals surface area contributed by atoms with Gasteiger partial charge in [-0.15, -0.1) is 0 Å². The van der Waals surface area contributed by atoms with Crippen molar-refractivity contribution in [1.29, 1.82) is 0 Å². The summed E-state index contributed by atoms with van der Waals surface area (Å²) in [6, 6.07) is 10.6. The molecule has 2 N–H and O–H groups in total. The SMILES string of the molecule is O=c1c2ccccc2c(/C=N/c2ncn[nH]2)c(O)n1-c1cccc(C(F)(F)F)c1. The Kier molecular flexibility index (Phi) is 4.38. The highest BCUT2D eigenvalue weighted by Gasteiger charge is 2.31. The third-order valence-corrected chi connectivity index (χ3v) is 4.25.